The topological polar surface area (TPSA) is 126 Å². The summed E-state index contributed by atoms with van der Waals surface area (Å²) in [5.74, 6) is -0.359. The van der Waals surface area contributed by atoms with Gasteiger partial charge in [-0.25, -0.2) is 9.78 Å². The van der Waals surface area contributed by atoms with Crippen molar-refractivity contribution >= 4 is 23.2 Å². The molecule has 0 saturated heterocycles. The number of nitrogens with one attached hydrogen (secondary N) is 1. The van der Waals surface area contributed by atoms with Crippen molar-refractivity contribution in [3.8, 4) is 17.4 Å². The molecular formula is C20H18N4O6. The molecule has 0 saturated carbocycles. The van der Waals surface area contributed by atoms with Gasteiger partial charge in [-0.05, 0) is 31.2 Å². The maximum Gasteiger partial charge on any atom is 0.373 e. The zero-order valence-corrected chi connectivity index (χ0v) is 16.2. The number of carbonyl (C=O) groups is 1. The highest BCUT2D eigenvalue weighted by molar-refractivity contribution is 5.96. The molecular weight excluding hydrogens is 392 g/mol. The number of rotatable bonds is 8. The van der Waals surface area contributed by atoms with E-state index in [-0.39, 0.29) is 29.6 Å². The molecule has 2 aromatic carbocycles. The van der Waals surface area contributed by atoms with Gasteiger partial charge < -0.3 is 19.5 Å². The summed E-state index contributed by atoms with van der Waals surface area (Å²) in [6.45, 7) is 1.88. The normalized spacial score (nSPS) is 10.2. The van der Waals surface area contributed by atoms with Crippen LogP contribution in [0.15, 0.2) is 54.9 Å². The molecule has 3 aromatic rings. The lowest BCUT2D eigenvalue weighted by molar-refractivity contribution is -0.385. The molecule has 0 fully saturated rings. The zero-order valence-electron chi connectivity index (χ0n) is 16.2. The summed E-state index contributed by atoms with van der Waals surface area (Å²) in [4.78, 5) is 31.2. The Morgan fingerprint density at radius 1 is 1.10 bits per heavy atom. The van der Waals surface area contributed by atoms with E-state index in [1.54, 1.807) is 55.5 Å². The molecule has 0 amide bonds. The molecule has 30 heavy (non-hydrogen) atoms. The third-order valence-corrected chi connectivity index (χ3v) is 3.92. The summed E-state index contributed by atoms with van der Waals surface area (Å²) >= 11 is 0. The zero-order chi connectivity index (χ0) is 21.5. The predicted molar refractivity (Wildman–Crippen MR) is 107 cm³/mol. The first kappa shape index (κ1) is 20.5. The SMILES string of the molecule is CCOC(=O)c1ccccc1Nc1ncnc(Oc2ccccc2OC)c1[N+](=O)[O-]. The van der Waals surface area contributed by atoms with Crippen LogP contribution in [0.4, 0.5) is 17.2 Å². The standard InChI is InChI=1S/C20H18N4O6/c1-3-29-20(25)13-8-4-5-9-14(13)23-18-17(24(26)27)19(22-12-21-18)30-16-11-7-6-10-15(16)28-2/h4-12H,3H2,1-2H3,(H,21,22,23). The van der Waals surface area contributed by atoms with Gasteiger partial charge in [-0.15, -0.1) is 0 Å². The van der Waals surface area contributed by atoms with E-state index < -0.39 is 16.6 Å². The van der Waals surface area contributed by atoms with Crippen LogP contribution in [0.3, 0.4) is 0 Å². The Kier molecular flexibility index (Phi) is 6.38. The number of anilines is 2. The average Bonchev–Trinajstić information content (AvgIpc) is 2.74. The molecule has 1 heterocycles. The molecule has 0 aliphatic heterocycles. The van der Waals surface area contributed by atoms with Crippen LogP contribution in [0.1, 0.15) is 17.3 Å². The van der Waals surface area contributed by atoms with E-state index in [1.807, 2.05) is 0 Å². The number of carbonyl (C=O) groups excluding carboxylic acids is 1. The fraction of sp³-hybridized carbons (Fsp3) is 0.150. The number of nitro groups is 1. The minimum atomic E-state index is -0.667. The number of esters is 1. The lowest BCUT2D eigenvalue weighted by atomic mass is 10.2. The largest absolute Gasteiger partial charge is 0.493 e. The average molecular weight is 410 g/mol. The van der Waals surface area contributed by atoms with E-state index in [1.165, 1.54) is 7.11 Å². The Labute approximate surface area is 171 Å². The van der Waals surface area contributed by atoms with Crippen LogP contribution in [-0.2, 0) is 4.74 Å². The van der Waals surface area contributed by atoms with Gasteiger partial charge in [0.05, 0.1) is 29.9 Å². The van der Waals surface area contributed by atoms with Crippen LogP contribution >= 0.6 is 0 Å². The van der Waals surface area contributed by atoms with Crippen LogP contribution in [0.2, 0.25) is 0 Å². The summed E-state index contributed by atoms with van der Waals surface area (Å²) in [6.07, 6.45) is 1.12. The predicted octanol–water partition coefficient (Wildman–Crippen LogP) is 4.11. The van der Waals surface area contributed by atoms with E-state index in [0.717, 1.165) is 6.33 Å². The lowest BCUT2D eigenvalue weighted by Crippen LogP contribution is -2.09. The molecule has 0 aliphatic rings. The van der Waals surface area contributed by atoms with Crippen LogP contribution in [0, 0.1) is 10.1 Å². The quantitative estimate of drug-likeness (QED) is 0.332. The van der Waals surface area contributed by atoms with Crippen molar-refractivity contribution in [3.63, 3.8) is 0 Å². The van der Waals surface area contributed by atoms with E-state index in [0.29, 0.717) is 11.4 Å². The Morgan fingerprint density at radius 3 is 2.50 bits per heavy atom. The number of hydrogen-bond donors (Lipinski definition) is 1. The summed E-state index contributed by atoms with van der Waals surface area (Å²) < 4.78 is 15.9. The minimum absolute atomic E-state index is 0.142. The van der Waals surface area contributed by atoms with Crippen molar-refractivity contribution in [2.24, 2.45) is 0 Å². The molecule has 3 rings (SSSR count). The van der Waals surface area contributed by atoms with Crippen molar-refractivity contribution in [1.82, 2.24) is 9.97 Å². The van der Waals surface area contributed by atoms with Crippen molar-refractivity contribution in [2.45, 2.75) is 6.92 Å². The van der Waals surface area contributed by atoms with Crippen LogP contribution in [0.5, 0.6) is 17.4 Å². The van der Waals surface area contributed by atoms with Gasteiger partial charge in [0, 0.05) is 0 Å². The summed E-state index contributed by atoms with van der Waals surface area (Å²) in [7, 11) is 1.45. The Balaban J connectivity index is 2.01. The molecule has 0 radical (unpaired) electrons. The van der Waals surface area contributed by atoms with Gasteiger partial charge in [0.15, 0.2) is 11.5 Å². The molecule has 1 N–H and O–H groups in total. The highest BCUT2D eigenvalue weighted by Gasteiger charge is 2.27. The van der Waals surface area contributed by atoms with Gasteiger partial charge in [0.2, 0.25) is 5.82 Å². The molecule has 0 aliphatic carbocycles. The van der Waals surface area contributed by atoms with Gasteiger partial charge in [-0.1, -0.05) is 24.3 Å². The summed E-state index contributed by atoms with van der Waals surface area (Å²) in [6, 6.07) is 13.1. The third-order valence-electron chi connectivity index (χ3n) is 3.92. The van der Waals surface area contributed by atoms with Gasteiger partial charge in [0.1, 0.15) is 6.33 Å². The summed E-state index contributed by atoms with van der Waals surface area (Å²) in [5, 5.41) is 14.6. The first-order chi connectivity index (χ1) is 14.5. The van der Waals surface area contributed by atoms with Gasteiger partial charge in [-0.2, -0.15) is 4.98 Å². The first-order valence-corrected chi connectivity index (χ1v) is 8.88. The maximum absolute atomic E-state index is 12.2. The van der Waals surface area contributed by atoms with Gasteiger partial charge in [-0.3, -0.25) is 10.1 Å². The van der Waals surface area contributed by atoms with E-state index in [9.17, 15) is 14.9 Å². The fourth-order valence-corrected chi connectivity index (χ4v) is 2.61. The Hall–Kier alpha value is -4.21. The number of para-hydroxylation sites is 3. The van der Waals surface area contributed by atoms with Crippen LogP contribution in [0.25, 0.3) is 0 Å². The molecule has 0 bridgehead atoms. The van der Waals surface area contributed by atoms with Crippen molar-refractivity contribution in [3.05, 3.63) is 70.5 Å². The monoisotopic (exact) mass is 410 g/mol. The second-order valence-electron chi connectivity index (χ2n) is 5.78. The Bertz CT molecular complexity index is 1070. The third kappa shape index (κ3) is 4.43. The second kappa shape index (κ2) is 9.32. The number of ether oxygens (including phenoxy) is 3. The van der Waals surface area contributed by atoms with E-state index in [2.05, 4.69) is 15.3 Å². The highest BCUT2D eigenvalue weighted by atomic mass is 16.6. The number of aromatic nitrogens is 2. The number of methoxy groups -OCH3 is 1. The molecule has 1 aromatic heterocycles. The molecule has 10 heteroatoms. The fourth-order valence-electron chi connectivity index (χ4n) is 2.61. The lowest BCUT2D eigenvalue weighted by Gasteiger charge is -2.13. The number of benzene rings is 2. The smallest absolute Gasteiger partial charge is 0.373 e. The minimum Gasteiger partial charge on any atom is -0.493 e. The summed E-state index contributed by atoms with van der Waals surface area (Å²) in [5.41, 5.74) is 0.00233. The van der Waals surface area contributed by atoms with Crippen molar-refractivity contribution in [2.75, 3.05) is 19.0 Å². The Morgan fingerprint density at radius 2 is 1.80 bits per heavy atom. The van der Waals surface area contributed by atoms with E-state index in [4.69, 9.17) is 14.2 Å². The molecule has 10 nitrogen and oxygen atoms in total. The molecule has 0 spiro atoms. The van der Waals surface area contributed by atoms with Crippen LogP contribution < -0.4 is 14.8 Å². The van der Waals surface area contributed by atoms with Crippen molar-refractivity contribution < 1.29 is 23.9 Å². The molecule has 154 valence electrons. The first-order valence-electron chi connectivity index (χ1n) is 8.88. The number of hydrogen-bond acceptors (Lipinski definition) is 9. The van der Waals surface area contributed by atoms with E-state index >= 15 is 0 Å². The number of nitrogens with zero attached hydrogens (tertiary/aromatic N) is 3. The maximum atomic E-state index is 12.2. The second-order valence-corrected chi connectivity index (χ2v) is 5.78. The van der Waals surface area contributed by atoms with Gasteiger partial charge >= 0.3 is 17.5 Å². The molecule has 0 atom stereocenters. The van der Waals surface area contributed by atoms with Crippen LogP contribution in [-0.4, -0.2) is 34.6 Å². The van der Waals surface area contributed by atoms with Crippen molar-refractivity contribution in [1.29, 1.82) is 0 Å². The highest BCUT2D eigenvalue weighted by Crippen LogP contribution is 2.38. The van der Waals surface area contributed by atoms with Gasteiger partial charge in [0.25, 0.3) is 0 Å². The molecule has 0 unspecified atom stereocenters.